The Balaban J connectivity index is 0.000000166. The van der Waals surface area contributed by atoms with Gasteiger partial charge < -0.3 is 0 Å². The molecule has 31 heavy (non-hydrogen) atoms. The highest BCUT2D eigenvalue weighted by molar-refractivity contribution is 7.79. The zero-order valence-electron chi connectivity index (χ0n) is 17.2. The average molecular weight is 439 g/mol. The lowest BCUT2D eigenvalue weighted by Crippen LogP contribution is -2.20. The molecule has 5 rings (SSSR count). The Labute approximate surface area is 190 Å². The van der Waals surface area contributed by atoms with Gasteiger partial charge in [0.25, 0.3) is 0 Å². The molecule has 0 radical (unpaired) electrons. The fourth-order valence-corrected chi connectivity index (χ4v) is 6.13. The number of hydrogen-bond acceptors (Lipinski definition) is 0. The van der Waals surface area contributed by atoms with Crippen molar-refractivity contribution in [1.82, 2.24) is 0 Å². The summed E-state index contributed by atoms with van der Waals surface area (Å²) in [4.78, 5) is 0. The molecule has 0 N–H and O–H groups in total. The van der Waals surface area contributed by atoms with Crippen LogP contribution in [-0.4, -0.2) is 0 Å². The van der Waals surface area contributed by atoms with Crippen LogP contribution in [0.2, 0.25) is 0 Å². The van der Waals surface area contributed by atoms with Gasteiger partial charge in [0.2, 0.25) is 0 Å². The van der Waals surface area contributed by atoms with E-state index in [1.165, 1.54) is 32.2 Å². The van der Waals surface area contributed by atoms with E-state index in [4.69, 9.17) is 11.6 Å². The first kappa shape index (κ1) is 21.3. The maximum absolute atomic E-state index is 5.81. The van der Waals surface area contributed by atoms with Crippen molar-refractivity contribution < 1.29 is 0 Å². The van der Waals surface area contributed by atoms with Gasteiger partial charge in [-0.2, -0.15) is 0 Å². The maximum Gasteiger partial charge on any atom is 0.0480 e. The van der Waals surface area contributed by atoms with Crippen molar-refractivity contribution in [3.63, 3.8) is 0 Å². The summed E-state index contributed by atoms with van der Waals surface area (Å²) in [5.74, 6) is 0.585. The first-order chi connectivity index (χ1) is 15.4. The lowest BCUT2D eigenvalue weighted by molar-refractivity contribution is 1.45. The van der Waals surface area contributed by atoms with Crippen molar-refractivity contribution in [2.75, 3.05) is 0 Å². The third kappa shape index (κ3) is 5.42. The molecule has 0 aliphatic carbocycles. The number of benzene rings is 5. The van der Waals surface area contributed by atoms with Gasteiger partial charge in [-0.1, -0.05) is 133 Å². The van der Waals surface area contributed by atoms with Gasteiger partial charge >= 0.3 is 0 Å². The van der Waals surface area contributed by atoms with Gasteiger partial charge in [0.1, 0.15) is 0 Å². The van der Waals surface area contributed by atoms with Gasteiger partial charge in [0.05, 0.1) is 0 Å². The Morgan fingerprint density at radius 2 is 0.871 bits per heavy atom. The molecular formula is C29H24ClP. The van der Waals surface area contributed by atoms with Gasteiger partial charge in [-0.05, 0) is 40.2 Å². The molecule has 0 saturated heterocycles. The second kappa shape index (κ2) is 10.9. The van der Waals surface area contributed by atoms with Crippen molar-refractivity contribution >= 4 is 46.2 Å². The van der Waals surface area contributed by atoms with Crippen LogP contribution in [0.3, 0.4) is 0 Å². The highest BCUT2D eigenvalue weighted by atomic mass is 35.5. The minimum absolute atomic E-state index is 0.446. The molecule has 152 valence electrons. The van der Waals surface area contributed by atoms with E-state index >= 15 is 0 Å². The van der Waals surface area contributed by atoms with E-state index in [2.05, 4.69) is 115 Å². The van der Waals surface area contributed by atoms with Gasteiger partial charge in [-0.25, -0.2) is 0 Å². The van der Waals surface area contributed by atoms with Crippen LogP contribution in [0.15, 0.2) is 133 Å². The van der Waals surface area contributed by atoms with Crippen LogP contribution >= 0.6 is 19.5 Å². The Kier molecular flexibility index (Phi) is 7.51. The van der Waals surface area contributed by atoms with E-state index in [0.29, 0.717) is 5.88 Å². The zero-order chi connectivity index (χ0) is 21.3. The van der Waals surface area contributed by atoms with Crippen LogP contribution in [0.5, 0.6) is 0 Å². The predicted octanol–water partition coefficient (Wildman–Crippen LogP) is 7.02. The Bertz CT molecular complexity index is 1110. The van der Waals surface area contributed by atoms with Crippen LogP contribution in [0.1, 0.15) is 5.56 Å². The minimum atomic E-state index is -0.446. The Morgan fingerprint density at radius 3 is 1.35 bits per heavy atom. The van der Waals surface area contributed by atoms with E-state index in [0.717, 1.165) is 0 Å². The second-order valence-corrected chi connectivity index (χ2v) is 9.60. The van der Waals surface area contributed by atoms with Gasteiger partial charge in [-0.15, -0.1) is 11.6 Å². The highest BCUT2D eigenvalue weighted by Crippen LogP contribution is 2.32. The summed E-state index contributed by atoms with van der Waals surface area (Å²) in [7, 11) is -0.446. The van der Waals surface area contributed by atoms with Crippen LogP contribution in [-0.2, 0) is 5.88 Å². The molecule has 0 unspecified atom stereocenters. The largest absolute Gasteiger partial charge is 0.122 e. The summed E-state index contributed by atoms with van der Waals surface area (Å²) in [6.07, 6.45) is 0. The topological polar surface area (TPSA) is 0 Å². The number of rotatable bonds is 4. The molecular weight excluding hydrogens is 415 g/mol. The highest BCUT2D eigenvalue weighted by Gasteiger charge is 2.14. The lowest BCUT2D eigenvalue weighted by atomic mass is 10.1. The van der Waals surface area contributed by atoms with Gasteiger partial charge in [-0.3, -0.25) is 0 Å². The zero-order valence-corrected chi connectivity index (χ0v) is 18.9. The standard InChI is InChI=1S/C18H15P.C11H9Cl/c1-4-10-16(11-5-1)19(17-12-6-2-7-13-17)18-14-8-3-9-15-18;12-8-10-6-3-5-9-4-1-2-7-11(9)10/h1-15H;1-7H,8H2. The van der Waals surface area contributed by atoms with E-state index in [-0.39, 0.29) is 0 Å². The summed E-state index contributed by atoms with van der Waals surface area (Å²) < 4.78 is 0. The maximum atomic E-state index is 5.81. The van der Waals surface area contributed by atoms with Crippen LogP contribution in [0.25, 0.3) is 10.8 Å². The molecule has 0 atom stereocenters. The Morgan fingerprint density at radius 1 is 0.452 bits per heavy atom. The number of halogens is 1. The third-order valence-electron chi connectivity index (χ3n) is 5.07. The Hall–Kier alpha value is -2.92. The first-order valence-electron chi connectivity index (χ1n) is 10.3. The van der Waals surface area contributed by atoms with Crippen LogP contribution in [0, 0.1) is 0 Å². The SMILES string of the molecule is ClCc1cccc2ccccc12.c1ccc(P(c2ccccc2)c2ccccc2)cc1. The molecule has 5 aromatic rings. The molecule has 0 amide bonds. The lowest BCUT2D eigenvalue weighted by Gasteiger charge is -2.18. The summed E-state index contributed by atoms with van der Waals surface area (Å²) in [6, 6.07) is 46.8. The fourth-order valence-electron chi connectivity index (χ4n) is 3.59. The molecule has 0 aromatic heterocycles. The molecule has 5 aromatic carbocycles. The molecule has 0 bridgehead atoms. The van der Waals surface area contributed by atoms with Crippen molar-refractivity contribution in [3.8, 4) is 0 Å². The van der Waals surface area contributed by atoms with Crippen LogP contribution < -0.4 is 15.9 Å². The van der Waals surface area contributed by atoms with Gasteiger partial charge in [0.15, 0.2) is 0 Å². The minimum Gasteiger partial charge on any atom is -0.122 e. The van der Waals surface area contributed by atoms with Crippen molar-refractivity contribution in [3.05, 3.63) is 139 Å². The predicted molar refractivity (Wildman–Crippen MR) is 139 cm³/mol. The van der Waals surface area contributed by atoms with Gasteiger partial charge in [0, 0.05) is 5.88 Å². The number of hydrogen-bond donors (Lipinski definition) is 0. The van der Waals surface area contributed by atoms with Crippen molar-refractivity contribution in [1.29, 1.82) is 0 Å². The van der Waals surface area contributed by atoms with E-state index in [1.807, 2.05) is 18.2 Å². The monoisotopic (exact) mass is 438 g/mol. The molecule has 0 saturated carbocycles. The molecule has 0 fully saturated rings. The fraction of sp³-hybridized carbons (Fsp3) is 0.0345. The average Bonchev–Trinajstić information content (AvgIpc) is 2.86. The van der Waals surface area contributed by atoms with Crippen LogP contribution in [0.4, 0.5) is 0 Å². The van der Waals surface area contributed by atoms with E-state index in [9.17, 15) is 0 Å². The van der Waals surface area contributed by atoms with Crippen molar-refractivity contribution in [2.24, 2.45) is 0 Å². The summed E-state index contributed by atoms with van der Waals surface area (Å²) in [6.45, 7) is 0. The normalized spacial score (nSPS) is 10.5. The first-order valence-corrected chi connectivity index (χ1v) is 12.2. The smallest absolute Gasteiger partial charge is 0.0480 e. The summed E-state index contributed by atoms with van der Waals surface area (Å²) in [5, 5.41) is 6.71. The number of alkyl halides is 1. The van der Waals surface area contributed by atoms with Crippen molar-refractivity contribution in [2.45, 2.75) is 5.88 Å². The summed E-state index contributed by atoms with van der Waals surface area (Å²) >= 11 is 5.81. The molecule has 0 nitrogen and oxygen atoms in total. The van der Waals surface area contributed by atoms with E-state index < -0.39 is 7.92 Å². The van der Waals surface area contributed by atoms with E-state index in [1.54, 1.807) is 0 Å². The quantitative estimate of drug-likeness (QED) is 0.209. The second-order valence-electron chi connectivity index (χ2n) is 7.11. The third-order valence-corrected chi connectivity index (χ3v) is 7.80. The number of fused-ring (bicyclic) bond motifs is 1. The molecule has 0 spiro atoms. The molecule has 0 aliphatic rings. The molecule has 0 heterocycles. The molecule has 0 aliphatic heterocycles. The molecule has 2 heteroatoms. The summed E-state index contributed by atoms with van der Waals surface area (Å²) in [5.41, 5.74) is 1.20.